The molecule has 3 heteroatoms. The smallest absolute Gasteiger partial charge is 0.0473 e. The second kappa shape index (κ2) is 6.18. The zero-order chi connectivity index (χ0) is 13.1. The van der Waals surface area contributed by atoms with Crippen LogP contribution in [0.5, 0.6) is 0 Å². The van der Waals surface area contributed by atoms with Crippen molar-refractivity contribution in [2.24, 2.45) is 11.7 Å². The first-order chi connectivity index (χ1) is 8.61. The van der Waals surface area contributed by atoms with Gasteiger partial charge in [-0.05, 0) is 43.4 Å². The molecule has 1 fully saturated rings. The van der Waals surface area contributed by atoms with Crippen LogP contribution in [0, 0.1) is 5.92 Å². The van der Waals surface area contributed by atoms with Crippen molar-refractivity contribution in [2.45, 2.75) is 38.8 Å². The molecular weight excluding hydrogens is 288 g/mol. The Bertz CT molecular complexity index is 394. The van der Waals surface area contributed by atoms with Gasteiger partial charge in [0.15, 0.2) is 0 Å². The lowest BCUT2D eigenvalue weighted by molar-refractivity contribution is 0.0798. The van der Waals surface area contributed by atoms with Crippen LogP contribution in [0.25, 0.3) is 0 Å². The third-order valence-electron chi connectivity index (χ3n) is 4.02. The number of piperidine rings is 1. The number of rotatable bonds is 3. The Morgan fingerprint density at radius 2 is 2.17 bits per heavy atom. The Morgan fingerprint density at radius 1 is 1.39 bits per heavy atom. The van der Waals surface area contributed by atoms with Gasteiger partial charge in [0.2, 0.25) is 0 Å². The Hall–Kier alpha value is -0.380. The molecule has 2 nitrogen and oxygen atoms in total. The average Bonchev–Trinajstić information content (AvgIpc) is 2.35. The minimum absolute atomic E-state index is 0.347. The van der Waals surface area contributed by atoms with Crippen LogP contribution in [0.15, 0.2) is 28.7 Å². The minimum Gasteiger partial charge on any atom is -0.329 e. The predicted octanol–water partition coefficient (Wildman–Crippen LogP) is 3.57. The summed E-state index contributed by atoms with van der Waals surface area (Å²) < 4.78 is 1.14. The van der Waals surface area contributed by atoms with Gasteiger partial charge in [-0.25, -0.2) is 0 Å². The fourth-order valence-corrected chi connectivity index (χ4v) is 3.35. The van der Waals surface area contributed by atoms with Gasteiger partial charge in [0, 0.05) is 29.6 Å². The van der Waals surface area contributed by atoms with Gasteiger partial charge >= 0.3 is 0 Å². The number of nitrogens with two attached hydrogens (primary N) is 1. The van der Waals surface area contributed by atoms with E-state index in [0.717, 1.165) is 16.9 Å². The molecule has 2 N–H and O–H groups in total. The van der Waals surface area contributed by atoms with Crippen LogP contribution in [-0.4, -0.2) is 24.0 Å². The van der Waals surface area contributed by atoms with E-state index < -0.39 is 0 Å². The van der Waals surface area contributed by atoms with Crippen molar-refractivity contribution < 1.29 is 0 Å². The summed E-state index contributed by atoms with van der Waals surface area (Å²) in [7, 11) is 0. The summed E-state index contributed by atoms with van der Waals surface area (Å²) in [4.78, 5) is 2.58. The van der Waals surface area contributed by atoms with Gasteiger partial charge in [-0.3, -0.25) is 4.90 Å². The summed E-state index contributed by atoms with van der Waals surface area (Å²) in [6, 6.07) is 9.53. The van der Waals surface area contributed by atoms with Crippen molar-refractivity contribution >= 4 is 15.9 Å². The zero-order valence-electron chi connectivity index (χ0n) is 11.3. The van der Waals surface area contributed by atoms with E-state index in [1.54, 1.807) is 0 Å². The Labute approximate surface area is 119 Å². The quantitative estimate of drug-likeness (QED) is 0.924. The predicted molar refractivity (Wildman–Crippen MR) is 80.5 cm³/mol. The number of benzene rings is 1. The van der Waals surface area contributed by atoms with Crippen molar-refractivity contribution in [3.63, 3.8) is 0 Å². The standard InChI is InChI=1S/C15H23BrN2/c1-11-6-7-12(2)18(10-11)15(9-17)13-4-3-5-14(16)8-13/h3-5,8,11-12,15H,6-7,9-10,17H2,1-2H3. The van der Waals surface area contributed by atoms with Gasteiger partial charge in [-0.2, -0.15) is 0 Å². The third-order valence-corrected chi connectivity index (χ3v) is 4.52. The zero-order valence-corrected chi connectivity index (χ0v) is 12.9. The molecule has 0 aliphatic carbocycles. The van der Waals surface area contributed by atoms with E-state index in [1.165, 1.54) is 18.4 Å². The lowest BCUT2D eigenvalue weighted by atomic mass is 9.91. The monoisotopic (exact) mass is 310 g/mol. The molecule has 0 saturated carbocycles. The number of halogens is 1. The van der Waals surface area contributed by atoms with E-state index in [2.05, 4.69) is 58.9 Å². The highest BCUT2D eigenvalue weighted by molar-refractivity contribution is 9.10. The molecule has 3 atom stereocenters. The van der Waals surface area contributed by atoms with E-state index in [9.17, 15) is 0 Å². The number of hydrogen-bond donors (Lipinski definition) is 1. The molecule has 1 saturated heterocycles. The highest BCUT2D eigenvalue weighted by Gasteiger charge is 2.29. The van der Waals surface area contributed by atoms with Gasteiger partial charge < -0.3 is 5.73 Å². The van der Waals surface area contributed by atoms with Crippen LogP contribution in [0.2, 0.25) is 0 Å². The number of nitrogens with zero attached hydrogens (tertiary/aromatic N) is 1. The summed E-state index contributed by atoms with van der Waals surface area (Å²) in [5.74, 6) is 0.780. The number of likely N-dealkylation sites (tertiary alicyclic amines) is 1. The molecule has 0 aromatic heterocycles. The summed E-state index contributed by atoms with van der Waals surface area (Å²) >= 11 is 3.55. The molecule has 1 aliphatic rings. The molecule has 1 aliphatic heterocycles. The molecule has 1 aromatic carbocycles. The van der Waals surface area contributed by atoms with Crippen LogP contribution in [0.3, 0.4) is 0 Å². The first kappa shape index (κ1) is 14.0. The molecule has 0 amide bonds. The highest BCUT2D eigenvalue weighted by Crippen LogP contribution is 2.31. The van der Waals surface area contributed by atoms with Crippen molar-refractivity contribution in [1.29, 1.82) is 0 Å². The van der Waals surface area contributed by atoms with E-state index in [-0.39, 0.29) is 0 Å². The molecule has 0 bridgehead atoms. The maximum absolute atomic E-state index is 6.04. The van der Waals surface area contributed by atoms with Crippen LogP contribution in [-0.2, 0) is 0 Å². The lowest BCUT2D eigenvalue weighted by Crippen LogP contribution is -2.45. The van der Waals surface area contributed by atoms with Crippen LogP contribution in [0.1, 0.15) is 38.3 Å². The van der Waals surface area contributed by atoms with Crippen LogP contribution >= 0.6 is 15.9 Å². The summed E-state index contributed by atoms with van der Waals surface area (Å²) in [5, 5.41) is 0. The maximum Gasteiger partial charge on any atom is 0.0473 e. The van der Waals surface area contributed by atoms with Gasteiger partial charge in [0.05, 0.1) is 0 Å². The third kappa shape index (κ3) is 3.14. The van der Waals surface area contributed by atoms with Crippen LogP contribution < -0.4 is 5.73 Å². The Kier molecular flexibility index (Phi) is 4.82. The average molecular weight is 311 g/mol. The normalized spacial score (nSPS) is 27.1. The summed E-state index contributed by atoms with van der Waals surface area (Å²) in [6.45, 7) is 6.52. The topological polar surface area (TPSA) is 29.3 Å². The molecule has 0 radical (unpaired) electrons. The molecule has 0 spiro atoms. The summed E-state index contributed by atoms with van der Waals surface area (Å²) in [5.41, 5.74) is 7.36. The minimum atomic E-state index is 0.347. The van der Waals surface area contributed by atoms with E-state index in [0.29, 0.717) is 18.6 Å². The first-order valence-electron chi connectivity index (χ1n) is 6.83. The fraction of sp³-hybridized carbons (Fsp3) is 0.600. The Morgan fingerprint density at radius 3 is 2.83 bits per heavy atom. The highest BCUT2D eigenvalue weighted by atomic mass is 79.9. The van der Waals surface area contributed by atoms with Gasteiger partial charge in [0.1, 0.15) is 0 Å². The van der Waals surface area contributed by atoms with Crippen LogP contribution in [0.4, 0.5) is 0 Å². The Balaban J connectivity index is 2.21. The molecule has 1 aromatic rings. The van der Waals surface area contributed by atoms with Gasteiger partial charge in [-0.1, -0.05) is 35.0 Å². The maximum atomic E-state index is 6.04. The SMILES string of the molecule is CC1CCC(C)N(C(CN)c2cccc(Br)c2)C1. The van der Waals surface area contributed by atoms with Crippen molar-refractivity contribution in [2.75, 3.05) is 13.1 Å². The van der Waals surface area contributed by atoms with E-state index >= 15 is 0 Å². The van der Waals surface area contributed by atoms with E-state index in [4.69, 9.17) is 5.73 Å². The second-order valence-corrected chi connectivity index (χ2v) is 6.45. The molecule has 18 heavy (non-hydrogen) atoms. The van der Waals surface area contributed by atoms with Crippen molar-refractivity contribution in [3.8, 4) is 0 Å². The molecule has 2 rings (SSSR count). The van der Waals surface area contributed by atoms with Gasteiger partial charge in [-0.15, -0.1) is 0 Å². The largest absolute Gasteiger partial charge is 0.329 e. The second-order valence-electron chi connectivity index (χ2n) is 5.53. The fourth-order valence-electron chi connectivity index (χ4n) is 2.93. The summed E-state index contributed by atoms with van der Waals surface area (Å²) in [6.07, 6.45) is 2.62. The first-order valence-corrected chi connectivity index (χ1v) is 7.62. The van der Waals surface area contributed by atoms with Crippen molar-refractivity contribution in [3.05, 3.63) is 34.3 Å². The van der Waals surface area contributed by atoms with E-state index in [1.807, 2.05) is 0 Å². The van der Waals surface area contributed by atoms with Gasteiger partial charge in [0.25, 0.3) is 0 Å². The molecular formula is C15H23BrN2. The molecule has 1 heterocycles. The number of hydrogen-bond acceptors (Lipinski definition) is 2. The molecule has 100 valence electrons. The van der Waals surface area contributed by atoms with Crippen molar-refractivity contribution in [1.82, 2.24) is 4.90 Å². The lowest BCUT2D eigenvalue weighted by Gasteiger charge is -2.42. The molecule has 3 unspecified atom stereocenters.